The van der Waals surface area contributed by atoms with E-state index in [1.165, 1.54) is 5.01 Å². The maximum absolute atomic E-state index is 10.1. The van der Waals surface area contributed by atoms with Gasteiger partial charge < -0.3 is 9.90 Å². The van der Waals surface area contributed by atoms with Crippen molar-refractivity contribution in [1.29, 1.82) is 0 Å². The SMILES string of the molecule is CN1N=N[NH+](CC(=O)[O-])C1N. The van der Waals surface area contributed by atoms with Crippen LogP contribution in [0.15, 0.2) is 10.4 Å². The zero-order chi connectivity index (χ0) is 8.43. The first-order chi connectivity index (χ1) is 5.11. The Bertz CT molecular complexity index is 193. The Labute approximate surface area is 63.0 Å². The maximum atomic E-state index is 10.1. The second kappa shape index (κ2) is 2.81. The second-order valence-electron chi connectivity index (χ2n) is 2.25. The summed E-state index contributed by atoms with van der Waals surface area (Å²) in [5, 5.41) is 18.9. The minimum absolute atomic E-state index is 0.255. The Morgan fingerprint density at radius 3 is 2.91 bits per heavy atom. The van der Waals surface area contributed by atoms with Crippen molar-refractivity contribution in [3.63, 3.8) is 0 Å². The minimum Gasteiger partial charge on any atom is -0.544 e. The van der Waals surface area contributed by atoms with Crippen LogP contribution in [0.5, 0.6) is 0 Å². The fourth-order valence-electron chi connectivity index (χ4n) is 0.746. The van der Waals surface area contributed by atoms with Gasteiger partial charge in [0, 0.05) is 12.3 Å². The van der Waals surface area contributed by atoms with Crippen LogP contribution in [0, 0.1) is 0 Å². The summed E-state index contributed by atoms with van der Waals surface area (Å²) in [5.74, 6) is -1.19. The average Bonchev–Trinajstić information content (AvgIpc) is 2.18. The highest BCUT2D eigenvalue weighted by Gasteiger charge is 2.28. The van der Waals surface area contributed by atoms with Gasteiger partial charge in [0.25, 0.3) is 6.29 Å². The Morgan fingerprint density at radius 1 is 1.91 bits per heavy atom. The molecule has 0 saturated carbocycles. The van der Waals surface area contributed by atoms with Crippen molar-refractivity contribution in [3.8, 4) is 0 Å². The van der Waals surface area contributed by atoms with Crippen molar-refractivity contribution in [2.24, 2.45) is 16.2 Å². The van der Waals surface area contributed by atoms with Crippen molar-refractivity contribution in [2.75, 3.05) is 13.6 Å². The third-order valence-electron chi connectivity index (χ3n) is 1.38. The molecule has 1 rings (SSSR count). The Balaban J connectivity index is 2.49. The predicted octanol–water partition coefficient (Wildman–Crippen LogP) is -3.91. The highest BCUT2D eigenvalue weighted by Crippen LogP contribution is 1.88. The molecule has 0 aromatic rings. The molecular formula is C4H9N5O2. The van der Waals surface area contributed by atoms with Gasteiger partial charge in [-0.05, 0) is 5.22 Å². The van der Waals surface area contributed by atoms with E-state index in [0.717, 1.165) is 0 Å². The van der Waals surface area contributed by atoms with Crippen molar-refractivity contribution < 1.29 is 14.9 Å². The highest BCUT2D eigenvalue weighted by atomic mass is 16.4. The molecule has 3 N–H and O–H groups in total. The quantitative estimate of drug-likeness (QED) is 0.430. The van der Waals surface area contributed by atoms with Crippen molar-refractivity contribution in [3.05, 3.63) is 0 Å². The molecule has 0 saturated heterocycles. The number of quaternary nitrogens is 1. The predicted molar refractivity (Wildman–Crippen MR) is 31.4 cm³/mol. The summed E-state index contributed by atoms with van der Waals surface area (Å²) in [6.07, 6.45) is -0.520. The first kappa shape index (κ1) is 7.89. The van der Waals surface area contributed by atoms with E-state index in [9.17, 15) is 9.90 Å². The summed E-state index contributed by atoms with van der Waals surface area (Å²) in [6.45, 7) is -0.255. The third-order valence-corrected chi connectivity index (χ3v) is 1.38. The molecule has 7 heteroatoms. The molecule has 0 spiro atoms. The Kier molecular flexibility index (Phi) is 2.01. The molecule has 1 aliphatic rings. The van der Waals surface area contributed by atoms with E-state index in [1.54, 1.807) is 7.05 Å². The summed E-state index contributed by atoms with van der Waals surface area (Å²) < 4.78 is 0. The van der Waals surface area contributed by atoms with Crippen LogP contribution in [-0.4, -0.2) is 30.9 Å². The molecule has 7 nitrogen and oxygen atoms in total. The number of carbonyl (C=O) groups excluding carboxylic acids is 1. The molecule has 11 heavy (non-hydrogen) atoms. The summed E-state index contributed by atoms with van der Waals surface area (Å²) in [4.78, 5) is 10.1. The molecule has 62 valence electrons. The first-order valence-corrected chi connectivity index (χ1v) is 3.07. The molecule has 0 aliphatic carbocycles. The molecular weight excluding hydrogens is 150 g/mol. The smallest absolute Gasteiger partial charge is 0.261 e. The van der Waals surface area contributed by atoms with Gasteiger partial charge in [-0.15, -0.1) is 5.01 Å². The standard InChI is InChI=1S/C4H9N5O2/c1-8-4(5)9(7-6-8)2-3(10)11/h4H,2,5H2,1H3,(H,10,11). The number of nitrogens with zero attached hydrogens (tertiary/aromatic N) is 3. The van der Waals surface area contributed by atoms with Crippen LogP contribution in [0.3, 0.4) is 0 Å². The molecule has 0 aromatic carbocycles. The summed E-state index contributed by atoms with van der Waals surface area (Å²) in [7, 11) is 1.62. The van der Waals surface area contributed by atoms with Crippen LogP contribution in [0.4, 0.5) is 0 Å². The number of carboxylic acids is 1. The van der Waals surface area contributed by atoms with Gasteiger partial charge >= 0.3 is 0 Å². The van der Waals surface area contributed by atoms with Crippen molar-refractivity contribution in [1.82, 2.24) is 5.01 Å². The van der Waals surface area contributed by atoms with Gasteiger partial charge in [-0.25, -0.2) is 5.01 Å². The zero-order valence-corrected chi connectivity index (χ0v) is 6.02. The summed E-state index contributed by atoms with van der Waals surface area (Å²) in [6, 6.07) is 0. The number of nitrogens with two attached hydrogens (primary N) is 1. The van der Waals surface area contributed by atoms with Gasteiger partial charge in [0.2, 0.25) is 0 Å². The maximum Gasteiger partial charge on any atom is 0.261 e. The van der Waals surface area contributed by atoms with Crippen molar-refractivity contribution in [2.45, 2.75) is 6.29 Å². The van der Waals surface area contributed by atoms with Crippen LogP contribution in [0.1, 0.15) is 0 Å². The van der Waals surface area contributed by atoms with Gasteiger partial charge in [0.05, 0.1) is 5.97 Å². The topological polar surface area (TPSA) is 98.5 Å². The molecule has 2 unspecified atom stereocenters. The minimum atomic E-state index is -1.19. The van der Waals surface area contributed by atoms with Crippen LogP contribution < -0.4 is 15.8 Å². The van der Waals surface area contributed by atoms with Gasteiger partial charge in [-0.3, -0.25) is 5.73 Å². The Hall–Kier alpha value is -1.21. The monoisotopic (exact) mass is 159 g/mol. The molecule has 2 atom stereocenters. The van der Waals surface area contributed by atoms with Crippen LogP contribution in [0.2, 0.25) is 0 Å². The van der Waals surface area contributed by atoms with E-state index in [4.69, 9.17) is 5.73 Å². The number of rotatable bonds is 2. The van der Waals surface area contributed by atoms with Crippen LogP contribution >= 0.6 is 0 Å². The number of hydrogen-bond acceptors (Lipinski definition) is 6. The first-order valence-electron chi connectivity index (χ1n) is 3.07. The molecule has 0 aromatic heterocycles. The lowest BCUT2D eigenvalue weighted by Gasteiger charge is -2.15. The van der Waals surface area contributed by atoms with Gasteiger partial charge in [-0.2, -0.15) is 0 Å². The normalized spacial score (nSPS) is 29.5. The fraction of sp³-hybridized carbons (Fsp3) is 0.750. The highest BCUT2D eigenvalue weighted by molar-refractivity contribution is 5.65. The third kappa shape index (κ3) is 1.63. The van der Waals surface area contributed by atoms with Crippen LogP contribution in [0.25, 0.3) is 0 Å². The van der Waals surface area contributed by atoms with E-state index in [0.29, 0.717) is 5.01 Å². The lowest BCUT2D eigenvalue weighted by Crippen LogP contribution is -3.14. The van der Waals surface area contributed by atoms with E-state index < -0.39 is 12.3 Å². The van der Waals surface area contributed by atoms with Gasteiger partial charge in [-0.1, -0.05) is 0 Å². The lowest BCUT2D eigenvalue weighted by atomic mass is 10.6. The van der Waals surface area contributed by atoms with E-state index in [2.05, 4.69) is 10.4 Å². The van der Waals surface area contributed by atoms with Gasteiger partial charge in [0.1, 0.15) is 6.54 Å². The van der Waals surface area contributed by atoms with E-state index >= 15 is 0 Å². The summed E-state index contributed by atoms with van der Waals surface area (Å²) in [5.41, 5.74) is 5.48. The number of aliphatic carboxylic acids is 1. The van der Waals surface area contributed by atoms with Crippen molar-refractivity contribution >= 4 is 5.97 Å². The molecule has 0 radical (unpaired) electrons. The number of carbonyl (C=O) groups is 1. The van der Waals surface area contributed by atoms with Crippen LogP contribution in [-0.2, 0) is 4.79 Å². The Morgan fingerprint density at radius 2 is 2.55 bits per heavy atom. The number of carboxylic acid groups (broad SMARTS) is 1. The average molecular weight is 159 g/mol. The molecule has 0 amide bonds. The number of nitrogens with one attached hydrogen (secondary N) is 1. The number of hydrogen-bond donors (Lipinski definition) is 2. The second-order valence-corrected chi connectivity index (χ2v) is 2.25. The largest absolute Gasteiger partial charge is 0.544 e. The lowest BCUT2D eigenvalue weighted by molar-refractivity contribution is -0.929. The molecule has 0 bridgehead atoms. The summed E-state index contributed by atoms with van der Waals surface area (Å²) >= 11 is 0. The van der Waals surface area contributed by atoms with E-state index in [1.807, 2.05) is 0 Å². The van der Waals surface area contributed by atoms with E-state index in [-0.39, 0.29) is 6.54 Å². The van der Waals surface area contributed by atoms with Gasteiger partial charge in [0.15, 0.2) is 0 Å². The molecule has 1 heterocycles. The fourth-order valence-corrected chi connectivity index (χ4v) is 0.746. The zero-order valence-electron chi connectivity index (χ0n) is 6.02. The molecule has 0 fully saturated rings. The molecule has 1 aliphatic heterocycles.